The van der Waals surface area contributed by atoms with E-state index in [-0.39, 0.29) is 11.7 Å². The topological polar surface area (TPSA) is 55.1 Å². The molecular weight excluding hydrogens is 279 g/mol. The van der Waals surface area contributed by atoms with E-state index in [1.54, 1.807) is 12.1 Å². The molecule has 2 rings (SSSR count). The van der Waals surface area contributed by atoms with E-state index in [4.69, 9.17) is 4.52 Å². The average Bonchev–Trinajstić information content (AvgIpc) is 2.84. The minimum atomic E-state index is -0.277. The normalized spacial score (nSPS) is 10.5. The van der Waals surface area contributed by atoms with E-state index in [1.165, 1.54) is 23.9 Å². The van der Waals surface area contributed by atoms with Gasteiger partial charge in [-0.15, -0.1) is 11.8 Å². The van der Waals surface area contributed by atoms with Crippen LogP contribution in [0.3, 0.4) is 0 Å². The first kappa shape index (κ1) is 14.6. The second-order valence-electron chi connectivity index (χ2n) is 4.28. The van der Waals surface area contributed by atoms with Crippen LogP contribution in [0.2, 0.25) is 0 Å². The van der Waals surface area contributed by atoms with Crippen molar-refractivity contribution in [2.45, 2.75) is 18.2 Å². The van der Waals surface area contributed by atoms with Gasteiger partial charge >= 0.3 is 0 Å². The second kappa shape index (κ2) is 7.09. The first-order chi connectivity index (χ1) is 9.63. The summed E-state index contributed by atoms with van der Waals surface area (Å²) in [5, 5.41) is 6.58. The number of nitrogens with zero attached hydrogens (tertiary/aromatic N) is 1. The Morgan fingerprint density at radius 3 is 2.80 bits per heavy atom. The van der Waals surface area contributed by atoms with Crippen molar-refractivity contribution in [3.8, 4) is 0 Å². The third kappa shape index (κ3) is 4.70. The van der Waals surface area contributed by atoms with Crippen LogP contribution in [0.1, 0.15) is 11.5 Å². The number of amides is 1. The van der Waals surface area contributed by atoms with Gasteiger partial charge in [0.1, 0.15) is 11.6 Å². The fraction of sp³-hybridized carbons (Fsp3) is 0.286. The molecule has 0 aliphatic carbocycles. The first-order valence-electron chi connectivity index (χ1n) is 6.21. The molecule has 0 aliphatic heterocycles. The van der Waals surface area contributed by atoms with Gasteiger partial charge in [-0.2, -0.15) is 0 Å². The number of hydrogen-bond donors (Lipinski definition) is 1. The van der Waals surface area contributed by atoms with Crippen molar-refractivity contribution >= 4 is 17.7 Å². The van der Waals surface area contributed by atoms with Crippen molar-refractivity contribution in [1.82, 2.24) is 10.5 Å². The lowest BCUT2D eigenvalue weighted by molar-refractivity contribution is -0.118. The lowest BCUT2D eigenvalue weighted by Gasteiger charge is -2.03. The summed E-state index contributed by atoms with van der Waals surface area (Å²) < 4.78 is 17.8. The number of benzene rings is 1. The van der Waals surface area contributed by atoms with Crippen molar-refractivity contribution in [2.75, 3.05) is 12.3 Å². The van der Waals surface area contributed by atoms with Crippen LogP contribution < -0.4 is 5.32 Å². The molecule has 0 saturated carbocycles. The summed E-state index contributed by atoms with van der Waals surface area (Å²) in [7, 11) is 0. The monoisotopic (exact) mass is 294 g/mol. The van der Waals surface area contributed by atoms with Crippen molar-refractivity contribution < 1.29 is 13.7 Å². The predicted molar refractivity (Wildman–Crippen MR) is 75.1 cm³/mol. The molecule has 0 spiro atoms. The highest BCUT2D eigenvalue weighted by Gasteiger charge is 2.04. The summed E-state index contributed by atoms with van der Waals surface area (Å²) in [5.41, 5.74) is 0.832. The fourth-order valence-corrected chi connectivity index (χ4v) is 2.32. The molecule has 0 bridgehead atoms. The van der Waals surface area contributed by atoms with Crippen LogP contribution in [0.25, 0.3) is 0 Å². The molecule has 1 aromatic carbocycles. The number of halogens is 1. The molecule has 0 atom stereocenters. The number of nitrogens with one attached hydrogen (secondary N) is 1. The van der Waals surface area contributed by atoms with Crippen LogP contribution in [0.4, 0.5) is 4.39 Å². The maximum Gasteiger partial charge on any atom is 0.230 e. The van der Waals surface area contributed by atoms with Gasteiger partial charge in [-0.05, 0) is 31.2 Å². The Hall–Kier alpha value is -1.82. The van der Waals surface area contributed by atoms with Crippen LogP contribution in [-0.4, -0.2) is 23.4 Å². The van der Waals surface area contributed by atoms with Gasteiger partial charge in [0.05, 0.1) is 11.4 Å². The van der Waals surface area contributed by atoms with Gasteiger partial charge in [-0.3, -0.25) is 4.79 Å². The van der Waals surface area contributed by atoms with Gasteiger partial charge in [0.25, 0.3) is 0 Å². The molecule has 0 radical (unpaired) electrons. The maximum absolute atomic E-state index is 12.7. The van der Waals surface area contributed by atoms with Gasteiger partial charge in [0, 0.05) is 23.9 Å². The Bertz CT molecular complexity index is 569. The van der Waals surface area contributed by atoms with Crippen molar-refractivity contribution in [1.29, 1.82) is 0 Å². The van der Waals surface area contributed by atoms with E-state index in [0.29, 0.717) is 18.7 Å². The number of hydrogen-bond acceptors (Lipinski definition) is 4. The number of rotatable bonds is 6. The van der Waals surface area contributed by atoms with Gasteiger partial charge in [-0.1, -0.05) is 5.16 Å². The predicted octanol–water partition coefficient (Wildman–Crippen LogP) is 2.57. The largest absolute Gasteiger partial charge is 0.361 e. The Kier molecular flexibility index (Phi) is 5.17. The summed E-state index contributed by atoms with van der Waals surface area (Å²) in [4.78, 5) is 12.5. The van der Waals surface area contributed by atoms with Crippen LogP contribution >= 0.6 is 11.8 Å². The maximum atomic E-state index is 12.7. The third-order valence-electron chi connectivity index (χ3n) is 2.55. The Morgan fingerprint density at radius 1 is 1.40 bits per heavy atom. The summed E-state index contributed by atoms with van der Waals surface area (Å²) in [6.45, 7) is 2.36. The van der Waals surface area contributed by atoms with E-state index in [1.807, 2.05) is 13.0 Å². The summed E-state index contributed by atoms with van der Waals surface area (Å²) in [5.74, 6) is 0.729. The SMILES string of the molecule is Cc1cc(CCNC(=O)CSc2ccc(F)cc2)on1. The molecule has 2 aromatic rings. The zero-order chi connectivity index (χ0) is 14.4. The van der Waals surface area contributed by atoms with E-state index in [9.17, 15) is 9.18 Å². The minimum Gasteiger partial charge on any atom is -0.361 e. The summed E-state index contributed by atoms with van der Waals surface area (Å²) in [6.07, 6.45) is 0.619. The first-order valence-corrected chi connectivity index (χ1v) is 7.19. The van der Waals surface area contributed by atoms with Crippen LogP contribution in [0.15, 0.2) is 39.8 Å². The molecule has 0 unspecified atom stereocenters. The van der Waals surface area contributed by atoms with E-state index < -0.39 is 0 Å². The van der Waals surface area contributed by atoms with Crippen LogP contribution in [-0.2, 0) is 11.2 Å². The van der Waals surface area contributed by atoms with Crippen LogP contribution in [0.5, 0.6) is 0 Å². The van der Waals surface area contributed by atoms with Gasteiger partial charge in [0.2, 0.25) is 5.91 Å². The van der Waals surface area contributed by atoms with Gasteiger partial charge < -0.3 is 9.84 Å². The molecule has 4 nitrogen and oxygen atoms in total. The Balaban J connectivity index is 1.66. The molecule has 1 N–H and O–H groups in total. The highest BCUT2D eigenvalue weighted by Crippen LogP contribution is 2.17. The summed E-state index contributed by atoms with van der Waals surface area (Å²) >= 11 is 1.37. The van der Waals surface area contributed by atoms with Crippen molar-refractivity contribution in [2.24, 2.45) is 0 Å². The van der Waals surface area contributed by atoms with Crippen molar-refractivity contribution in [3.63, 3.8) is 0 Å². The smallest absolute Gasteiger partial charge is 0.230 e. The molecule has 0 fully saturated rings. The number of thioether (sulfide) groups is 1. The lowest BCUT2D eigenvalue weighted by Crippen LogP contribution is -2.27. The molecule has 20 heavy (non-hydrogen) atoms. The van der Waals surface area contributed by atoms with E-state index in [0.717, 1.165) is 16.3 Å². The molecule has 1 aromatic heterocycles. The second-order valence-corrected chi connectivity index (χ2v) is 5.33. The lowest BCUT2D eigenvalue weighted by atomic mass is 10.3. The number of aromatic nitrogens is 1. The third-order valence-corrected chi connectivity index (χ3v) is 3.57. The van der Waals surface area contributed by atoms with Crippen LogP contribution in [0, 0.1) is 12.7 Å². The van der Waals surface area contributed by atoms with E-state index in [2.05, 4.69) is 10.5 Å². The number of carbonyl (C=O) groups excluding carboxylic acids is 1. The standard InChI is InChI=1S/C14H15FN2O2S/c1-10-8-12(19-17-10)6-7-16-14(18)9-20-13-4-2-11(15)3-5-13/h2-5,8H,6-7,9H2,1H3,(H,16,18). The van der Waals surface area contributed by atoms with Crippen molar-refractivity contribution in [3.05, 3.63) is 47.6 Å². The molecule has 0 saturated heterocycles. The number of aryl methyl sites for hydroxylation is 1. The summed E-state index contributed by atoms with van der Waals surface area (Å²) in [6, 6.07) is 7.92. The molecule has 1 amide bonds. The highest BCUT2D eigenvalue weighted by atomic mass is 32.2. The van der Waals surface area contributed by atoms with Gasteiger partial charge in [0.15, 0.2) is 0 Å². The molecule has 1 heterocycles. The zero-order valence-corrected chi connectivity index (χ0v) is 11.9. The Labute approximate surface area is 120 Å². The number of carbonyl (C=O) groups is 1. The van der Waals surface area contributed by atoms with Gasteiger partial charge in [-0.25, -0.2) is 4.39 Å². The molecule has 106 valence electrons. The fourth-order valence-electron chi connectivity index (χ4n) is 1.59. The Morgan fingerprint density at radius 2 is 2.15 bits per heavy atom. The molecule has 6 heteroatoms. The quantitative estimate of drug-likeness (QED) is 0.832. The molecular formula is C14H15FN2O2S. The minimum absolute atomic E-state index is 0.0597. The zero-order valence-electron chi connectivity index (χ0n) is 11.1. The molecule has 0 aliphatic rings. The average molecular weight is 294 g/mol. The highest BCUT2D eigenvalue weighted by molar-refractivity contribution is 8.00. The van der Waals surface area contributed by atoms with E-state index >= 15 is 0 Å².